The summed E-state index contributed by atoms with van der Waals surface area (Å²) in [5, 5.41) is 0.116. The lowest BCUT2D eigenvalue weighted by molar-refractivity contribution is -0.132. The minimum atomic E-state index is -0.428. The Morgan fingerprint density at radius 3 is 2.45 bits per heavy atom. The normalized spacial score (nSPS) is 18.8. The van der Waals surface area contributed by atoms with Crippen molar-refractivity contribution in [1.29, 1.82) is 0 Å². The fourth-order valence-corrected chi connectivity index (χ4v) is 4.67. The molecule has 1 aromatic heterocycles. The summed E-state index contributed by atoms with van der Waals surface area (Å²) < 4.78 is 19.6. The van der Waals surface area contributed by atoms with E-state index in [2.05, 4.69) is 9.88 Å². The molecule has 1 aromatic carbocycles. The number of rotatable bonds is 6. The van der Waals surface area contributed by atoms with Crippen LogP contribution >= 0.6 is 11.6 Å². The summed E-state index contributed by atoms with van der Waals surface area (Å²) in [7, 11) is 0. The van der Waals surface area contributed by atoms with Crippen molar-refractivity contribution in [3.8, 4) is 5.75 Å². The number of benzene rings is 1. The van der Waals surface area contributed by atoms with Crippen molar-refractivity contribution in [2.45, 2.75) is 50.7 Å². The highest BCUT2D eigenvalue weighted by Gasteiger charge is 2.30. The molecule has 4 rings (SSSR count). The van der Waals surface area contributed by atoms with Gasteiger partial charge in [0, 0.05) is 51.0 Å². The fourth-order valence-electron chi connectivity index (χ4n) is 4.55. The number of carbonyl (C=O) groups is 1. The molecule has 2 aliphatic heterocycles. The van der Waals surface area contributed by atoms with Gasteiger partial charge in [-0.2, -0.15) is 0 Å². The van der Waals surface area contributed by atoms with E-state index >= 15 is 0 Å². The Hall–Kier alpha value is -2.18. The molecule has 166 valence electrons. The zero-order chi connectivity index (χ0) is 21.6. The minimum absolute atomic E-state index is 0.116. The Morgan fingerprint density at radius 2 is 1.77 bits per heavy atom. The first kappa shape index (κ1) is 22.0. The van der Waals surface area contributed by atoms with Crippen molar-refractivity contribution < 1.29 is 13.9 Å². The van der Waals surface area contributed by atoms with Gasteiger partial charge in [0.05, 0.1) is 5.02 Å². The highest BCUT2D eigenvalue weighted by atomic mass is 35.5. The predicted molar refractivity (Wildman–Crippen MR) is 119 cm³/mol. The van der Waals surface area contributed by atoms with E-state index in [0.29, 0.717) is 18.9 Å². The Kier molecular flexibility index (Phi) is 7.41. The zero-order valence-corrected chi connectivity index (χ0v) is 18.4. The van der Waals surface area contributed by atoms with Crippen LogP contribution in [0.5, 0.6) is 5.75 Å². The van der Waals surface area contributed by atoms with Gasteiger partial charge in [-0.25, -0.2) is 4.39 Å². The third-order valence-corrected chi connectivity index (χ3v) is 6.68. The molecular weight excluding hydrogens is 417 g/mol. The molecule has 0 N–H and O–H groups in total. The molecule has 7 heteroatoms. The van der Waals surface area contributed by atoms with Gasteiger partial charge in [-0.05, 0) is 61.9 Å². The topological polar surface area (TPSA) is 45.7 Å². The number of aromatic nitrogens is 1. The average molecular weight is 446 g/mol. The van der Waals surface area contributed by atoms with Gasteiger partial charge in [0.2, 0.25) is 5.91 Å². The van der Waals surface area contributed by atoms with Crippen LogP contribution in [0.2, 0.25) is 5.02 Å². The smallest absolute Gasteiger partial charge is 0.222 e. The summed E-state index contributed by atoms with van der Waals surface area (Å²) in [6, 6.07) is 9.10. The van der Waals surface area contributed by atoms with Crippen molar-refractivity contribution in [1.82, 2.24) is 14.8 Å². The average Bonchev–Trinajstić information content (AvgIpc) is 2.81. The lowest BCUT2D eigenvalue weighted by Gasteiger charge is -2.41. The predicted octanol–water partition coefficient (Wildman–Crippen LogP) is 4.34. The molecule has 2 aromatic rings. The number of pyridine rings is 1. The van der Waals surface area contributed by atoms with Crippen LogP contribution in [0.25, 0.3) is 0 Å². The lowest BCUT2D eigenvalue weighted by atomic mass is 9.98. The van der Waals surface area contributed by atoms with E-state index in [4.69, 9.17) is 16.3 Å². The quantitative estimate of drug-likeness (QED) is 0.663. The van der Waals surface area contributed by atoms with Crippen molar-refractivity contribution >= 4 is 17.5 Å². The molecule has 0 atom stereocenters. The molecule has 0 unspecified atom stereocenters. The van der Waals surface area contributed by atoms with E-state index in [1.807, 2.05) is 17.0 Å². The molecule has 5 nitrogen and oxygen atoms in total. The van der Waals surface area contributed by atoms with E-state index in [-0.39, 0.29) is 17.0 Å². The summed E-state index contributed by atoms with van der Waals surface area (Å²) >= 11 is 5.72. The van der Waals surface area contributed by atoms with Crippen molar-refractivity contribution in [2.24, 2.45) is 0 Å². The van der Waals surface area contributed by atoms with E-state index in [0.717, 1.165) is 63.2 Å². The first-order valence-corrected chi connectivity index (χ1v) is 11.5. The molecule has 1 amide bonds. The third kappa shape index (κ3) is 5.95. The maximum atomic E-state index is 13.6. The minimum Gasteiger partial charge on any atom is -0.490 e. The van der Waals surface area contributed by atoms with Crippen LogP contribution in [-0.4, -0.2) is 59.0 Å². The van der Waals surface area contributed by atoms with Gasteiger partial charge in [0.25, 0.3) is 0 Å². The van der Waals surface area contributed by atoms with Gasteiger partial charge in [-0.15, -0.1) is 0 Å². The number of amides is 1. The molecular formula is C24H29ClFN3O2. The molecule has 2 saturated heterocycles. The van der Waals surface area contributed by atoms with E-state index in [1.54, 1.807) is 24.5 Å². The largest absolute Gasteiger partial charge is 0.490 e. The number of hydrogen-bond donors (Lipinski definition) is 0. The van der Waals surface area contributed by atoms with Crippen LogP contribution in [0.15, 0.2) is 42.7 Å². The molecule has 0 saturated carbocycles. The molecule has 2 aliphatic rings. The van der Waals surface area contributed by atoms with Crippen LogP contribution in [0.3, 0.4) is 0 Å². The molecule has 0 aliphatic carbocycles. The molecule has 0 bridgehead atoms. The monoisotopic (exact) mass is 445 g/mol. The number of ether oxygens (including phenoxy) is 1. The number of aryl methyl sites for hydroxylation is 1. The second kappa shape index (κ2) is 10.4. The first-order valence-electron chi connectivity index (χ1n) is 11.1. The van der Waals surface area contributed by atoms with Gasteiger partial charge in [-0.1, -0.05) is 17.7 Å². The standard InChI is InChI=1S/C24H29ClFN3O2/c25-22-3-1-18(17-23(22)26)2-4-24(30)29-13-7-19(8-14-29)28-15-9-21(10-16-28)31-20-5-11-27-12-6-20/h1,3,5-6,11-12,17,19,21H,2,4,7-10,13-16H2. The Balaban J connectivity index is 1.17. The van der Waals surface area contributed by atoms with Crippen LogP contribution in [0, 0.1) is 5.82 Å². The summed E-state index contributed by atoms with van der Waals surface area (Å²) in [5.41, 5.74) is 0.807. The fraction of sp³-hybridized carbons (Fsp3) is 0.500. The third-order valence-electron chi connectivity index (χ3n) is 6.37. The van der Waals surface area contributed by atoms with Crippen molar-refractivity contribution in [3.05, 3.63) is 59.1 Å². The Labute approximate surface area is 188 Å². The van der Waals surface area contributed by atoms with Gasteiger partial charge in [0.1, 0.15) is 17.7 Å². The summed E-state index contributed by atoms with van der Waals surface area (Å²) in [6.07, 6.45) is 8.80. The van der Waals surface area contributed by atoms with Crippen LogP contribution in [0.1, 0.15) is 37.7 Å². The SMILES string of the molecule is O=C(CCc1ccc(Cl)c(F)c1)N1CCC(N2CCC(Oc3ccncc3)CC2)CC1. The lowest BCUT2D eigenvalue weighted by Crippen LogP contribution is -2.50. The van der Waals surface area contributed by atoms with Gasteiger partial charge in [0.15, 0.2) is 0 Å². The molecule has 3 heterocycles. The number of nitrogens with zero attached hydrogens (tertiary/aromatic N) is 3. The Bertz CT molecular complexity index is 866. The number of piperidine rings is 2. The summed E-state index contributed by atoms with van der Waals surface area (Å²) in [5.74, 6) is 0.613. The number of halogens is 2. The maximum Gasteiger partial charge on any atom is 0.222 e. The van der Waals surface area contributed by atoms with Gasteiger partial charge in [-0.3, -0.25) is 14.7 Å². The van der Waals surface area contributed by atoms with Crippen molar-refractivity contribution in [2.75, 3.05) is 26.2 Å². The molecule has 31 heavy (non-hydrogen) atoms. The second-order valence-electron chi connectivity index (χ2n) is 8.40. The number of likely N-dealkylation sites (tertiary alicyclic amines) is 2. The second-order valence-corrected chi connectivity index (χ2v) is 8.80. The van der Waals surface area contributed by atoms with Crippen LogP contribution in [-0.2, 0) is 11.2 Å². The first-order chi connectivity index (χ1) is 15.1. The maximum absolute atomic E-state index is 13.6. The Morgan fingerprint density at radius 1 is 1.06 bits per heavy atom. The van der Waals surface area contributed by atoms with Gasteiger partial charge < -0.3 is 9.64 Å². The summed E-state index contributed by atoms with van der Waals surface area (Å²) in [6.45, 7) is 3.67. The van der Waals surface area contributed by atoms with Crippen LogP contribution in [0.4, 0.5) is 4.39 Å². The van der Waals surface area contributed by atoms with E-state index < -0.39 is 5.82 Å². The molecule has 2 fully saturated rings. The zero-order valence-electron chi connectivity index (χ0n) is 17.7. The van der Waals surface area contributed by atoms with Gasteiger partial charge >= 0.3 is 0 Å². The molecule has 0 spiro atoms. The van der Waals surface area contributed by atoms with E-state index in [1.165, 1.54) is 6.07 Å². The van der Waals surface area contributed by atoms with E-state index in [9.17, 15) is 9.18 Å². The number of carbonyl (C=O) groups excluding carboxylic acids is 1. The highest BCUT2D eigenvalue weighted by molar-refractivity contribution is 6.30. The van der Waals surface area contributed by atoms with Crippen molar-refractivity contribution in [3.63, 3.8) is 0 Å². The highest BCUT2D eigenvalue weighted by Crippen LogP contribution is 2.24. The summed E-state index contributed by atoms with van der Waals surface area (Å²) in [4.78, 5) is 21.1. The molecule has 0 radical (unpaired) electrons. The van der Waals surface area contributed by atoms with Crippen LogP contribution < -0.4 is 4.74 Å². The number of hydrogen-bond acceptors (Lipinski definition) is 4.